The SMILES string of the molecule is CN(C)C(=O)CN1CCC[C@H](c2ccn[nH]2)C1. The first kappa shape index (κ1) is 12.1. The lowest BCUT2D eigenvalue weighted by Crippen LogP contribution is -2.41. The summed E-state index contributed by atoms with van der Waals surface area (Å²) in [7, 11) is 3.61. The summed E-state index contributed by atoms with van der Waals surface area (Å²) in [5, 5.41) is 7.02. The summed E-state index contributed by atoms with van der Waals surface area (Å²) in [5.74, 6) is 0.663. The van der Waals surface area contributed by atoms with Crippen molar-refractivity contribution in [2.45, 2.75) is 18.8 Å². The number of nitrogens with one attached hydrogen (secondary N) is 1. The molecule has 1 atom stereocenters. The molecule has 1 fully saturated rings. The minimum absolute atomic E-state index is 0.176. The Labute approximate surface area is 102 Å². The average molecular weight is 236 g/mol. The molecule has 1 N–H and O–H groups in total. The van der Waals surface area contributed by atoms with Crippen LogP contribution in [0.2, 0.25) is 0 Å². The van der Waals surface area contributed by atoms with Crippen LogP contribution in [0.4, 0.5) is 0 Å². The first-order valence-corrected chi connectivity index (χ1v) is 6.08. The number of likely N-dealkylation sites (N-methyl/N-ethyl adjacent to an activating group) is 1. The summed E-state index contributed by atoms with van der Waals surface area (Å²) in [5.41, 5.74) is 1.19. The van der Waals surface area contributed by atoms with Crippen molar-refractivity contribution in [2.24, 2.45) is 0 Å². The van der Waals surface area contributed by atoms with Crippen LogP contribution in [0, 0.1) is 0 Å². The number of nitrogens with zero attached hydrogens (tertiary/aromatic N) is 3. The predicted octanol–water partition coefficient (Wildman–Crippen LogP) is 0.677. The van der Waals surface area contributed by atoms with Crippen LogP contribution in [0.1, 0.15) is 24.5 Å². The highest BCUT2D eigenvalue weighted by Gasteiger charge is 2.23. The number of rotatable bonds is 3. The number of carbonyl (C=O) groups excluding carboxylic acids is 1. The van der Waals surface area contributed by atoms with Gasteiger partial charge < -0.3 is 4.90 Å². The summed E-state index contributed by atoms with van der Waals surface area (Å²) in [4.78, 5) is 15.6. The highest BCUT2D eigenvalue weighted by molar-refractivity contribution is 5.77. The molecule has 1 aliphatic heterocycles. The number of hydrogen-bond donors (Lipinski definition) is 1. The lowest BCUT2D eigenvalue weighted by atomic mass is 9.95. The second-order valence-corrected chi connectivity index (χ2v) is 4.87. The van der Waals surface area contributed by atoms with Crippen molar-refractivity contribution >= 4 is 5.91 Å². The second kappa shape index (κ2) is 5.31. The third-order valence-electron chi connectivity index (χ3n) is 3.33. The van der Waals surface area contributed by atoms with Crippen LogP contribution < -0.4 is 0 Å². The van der Waals surface area contributed by atoms with Crippen molar-refractivity contribution in [1.29, 1.82) is 0 Å². The zero-order valence-corrected chi connectivity index (χ0v) is 10.5. The zero-order valence-electron chi connectivity index (χ0n) is 10.5. The first-order chi connectivity index (χ1) is 8.16. The standard InChI is InChI=1S/C12H20N4O/c1-15(2)12(17)9-16-7-3-4-10(8-16)11-5-6-13-14-11/h5-6,10H,3-4,7-9H2,1-2H3,(H,13,14)/t10-/m0/s1. The second-order valence-electron chi connectivity index (χ2n) is 4.87. The molecular weight excluding hydrogens is 216 g/mol. The molecule has 2 heterocycles. The van der Waals surface area contributed by atoms with Gasteiger partial charge in [0.15, 0.2) is 0 Å². The molecule has 1 aromatic heterocycles. The van der Waals surface area contributed by atoms with Gasteiger partial charge in [-0.2, -0.15) is 5.10 Å². The van der Waals surface area contributed by atoms with E-state index >= 15 is 0 Å². The minimum Gasteiger partial charge on any atom is -0.348 e. The predicted molar refractivity (Wildman–Crippen MR) is 65.7 cm³/mol. The molecule has 94 valence electrons. The molecule has 1 aliphatic rings. The van der Waals surface area contributed by atoms with E-state index in [0.717, 1.165) is 19.5 Å². The van der Waals surface area contributed by atoms with Crippen LogP contribution in [0.25, 0.3) is 0 Å². The van der Waals surface area contributed by atoms with E-state index in [-0.39, 0.29) is 5.91 Å². The van der Waals surface area contributed by atoms with Gasteiger partial charge in [-0.3, -0.25) is 14.8 Å². The van der Waals surface area contributed by atoms with Gasteiger partial charge in [0.05, 0.1) is 6.54 Å². The van der Waals surface area contributed by atoms with Gasteiger partial charge >= 0.3 is 0 Å². The Kier molecular flexibility index (Phi) is 3.78. The van der Waals surface area contributed by atoms with Gasteiger partial charge in [0.25, 0.3) is 0 Å². The van der Waals surface area contributed by atoms with Gasteiger partial charge in [-0.25, -0.2) is 0 Å². The van der Waals surface area contributed by atoms with Crippen molar-refractivity contribution in [3.8, 4) is 0 Å². The number of H-pyrrole nitrogens is 1. The molecule has 2 rings (SSSR count). The summed E-state index contributed by atoms with van der Waals surface area (Å²) >= 11 is 0. The molecule has 0 aliphatic carbocycles. The number of likely N-dealkylation sites (tertiary alicyclic amines) is 1. The Hall–Kier alpha value is -1.36. The molecular formula is C12H20N4O. The van der Waals surface area contributed by atoms with Crippen molar-refractivity contribution in [3.63, 3.8) is 0 Å². The molecule has 0 spiro atoms. The summed E-state index contributed by atoms with van der Waals surface area (Å²) in [6, 6.07) is 2.03. The van der Waals surface area contributed by atoms with Crippen LogP contribution in [-0.4, -0.2) is 59.6 Å². The minimum atomic E-state index is 0.176. The Morgan fingerprint density at radius 3 is 3.12 bits per heavy atom. The molecule has 0 bridgehead atoms. The smallest absolute Gasteiger partial charge is 0.236 e. The van der Waals surface area contributed by atoms with Gasteiger partial charge in [0.2, 0.25) is 5.91 Å². The Morgan fingerprint density at radius 1 is 1.65 bits per heavy atom. The fraction of sp³-hybridized carbons (Fsp3) is 0.667. The highest BCUT2D eigenvalue weighted by Crippen LogP contribution is 2.24. The van der Waals surface area contributed by atoms with Crippen LogP contribution in [0.3, 0.4) is 0 Å². The maximum absolute atomic E-state index is 11.7. The van der Waals surface area contributed by atoms with Gasteiger partial charge in [-0.05, 0) is 25.5 Å². The molecule has 1 aromatic rings. The van der Waals surface area contributed by atoms with Crippen LogP contribution in [0.5, 0.6) is 0 Å². The number of aromatic nitrogens is 2. The monoisotopic (exact) mass is 236 g/mol. The number of hydrogen-bond acceptors (Lipinski definition) is 3. The van der Waals surface area contributed by atoms with Crippen molar-refractivity contribution in [1.82, 2.24) is 20.0 Å². The number of aromatic amines is 1. The van der Waals surface area contributed by atoms with Gasteiger partial charge in [0.1, 0.15) is 0 Å². The largest absolute Gasteiger partial charge is 0.348 e. The molecule has 0 radical (unpaired) electrons. The third-order valence-corrected chi connectivity index (χ3v) is 3.33. The van der Waals surface area contributed by atoms with E-state index in [9.17, 15) is 4.79 Å². The maximum atomic E-state index is 11.7. The molecule has 5 heteroatoms. The third kappa shape index (κ3) is 3.06. The average Bonchev–Trinajstić information content (AvgIpc) is 2.82. The normalized spacial score (nSPS) is 21.4. The fourth-order valence-corrected chi connectivity index (χ4v) is 2.28. The van der Waals surface area contributed by atoms with E-state index in [4.69, 9.17) is 0 Å². The molecule has 0 unspecified atom stereocenters. The first-order valence-electron chi connectivity index (χ1n) is 6.08. The molecule has 5 nitrogen and oxygen atoms in total. The summed E-state index contributed by atoms with van der Waals surface area (Å²) in [6.07, 6.45) is 4.11. The van der Waals surface area contributed by atoms with Crippen LogP contribution in [0.15, 0.2) is 12.3 Å². The lowest BCUT2D eigenvalue weighted by molar-refractivity contribution is -0.130. The molecule has 0 aromatic carbocycles. The van der Waals surface area contributed by atoms with Crippen molar-refractivity contribution in [3.05, 3.63) is 18.0 Å². The van der Waals surface area contributed by atoms with Crippen molar-refractivity contribution < 1.29 is 4.79 Å². The number of amides is 1. The van der Waals surface area contributed by atoms with E-state index in [0.29, 0.717) is 12.5 Å². The van der Waals surface area contributed by atoms with Crippen LogP contribution >= 0.6 is 0 Å². The van der Waals surface area contributed by atoms with E-state index in [1.807, 2.05) is 6.07 Å². The fourth-order valence-electron chi connectivity index (χ4n) is 2.28. The summed E-state index contributed by atoms with van der Waals surface area (Å²) in [6.45, 7) is 2.49. The van der Waals surface area contributed by atoms with E-state index in [2.05, 4.69) is 15.1 Å². The number of piperidine rings is 1. The van der Waals surface area contributed by atoms with E-state index in [1.165, 1.54) is 12.1 Å². The Morgan fingerprint density at radius 2 is 2.47 bits per heavy atom. The van der Waals surface area contributed by atoms with Crippen LogP contribution in [-0.2, 0) is 4.79 Å². The Balaban J connectivity index is 1.91. The van der Waals surface area contributed by atoms with Gasteiger partial charge in [-0.15, -0.1) is 0 Å². The lowest BCUT2D eigenvalue weighted by Gasteiger charge is -2.32. The molecule has 1 amide bonds. The molecule has 0 saturated carbocycles. The molecule has 17 heavy (non-hydrogen) atoms. The van der Waals surface area contributed by atoms with E-state index in [1.54, 1.807) is 25.2 Å². The Bertz CT molecular complexity index is 361. The number of carbonyl (C=O) groups is 1. The van der Waals surface area contributed by atoms with Crippen molar-refractivity contribution in [2.75, 3.05) is 33.7 Å². The van der Waals surface area contributed by atoms with Gasteiger partial charge in [-0.1, -0.05) is 0 Å². The topological polar surface area (TPSA) is 52.2 Å². The zero-order chi connectivity index (χ0) is 12.3. The van der Waals surface area contributed by atoms with Gasteiger partial charge in [0, 0.05) is 38.4 Å². The van der Waals surface area contributed by atoms with E-state index < -0.39 is 0 Å². The maximum Gasteiger partial charge on any atom is 0.236 e. The summed E-state index contributed by atoms with van der Waals surface area (Å²) < 4.78 is 0. The quantitative estimate of drug-likeness (QED) is 0.839. The molecule has 1 saturated heterocycles. The highest BCUT2D eigenvalue weighted by atomic mass is 16.2.